The standard InChI is InChI=1S/C28H26F4N6O3S2/c1-3-37(43(40,41)24-10-11-36(2)35-24)21-7-4-18-12-22-17(15-34-38(22)20-8-5-19(29)6-9-20)13-27(18,14-21)25(39)26-33-16-23(42-26)28(30,31)32/h5-6,8-12,15-16,21H,3-4,7,13-14H2,1-2H3/t21-,27-/m0/s1. The van der Waals surface area contributed by atoms with Crippen molar-refractivity contribution in [3.8, 4) is 5.69 Å². The third-order valence-corrected chi connectivity index (χ3v) is 11.1. The SMILES string of the molecule is CCN([C@H]1CCC2=Cc3c(cnn3-c3ccc(F)cc3)C[C@]2(C(=O)c2ncc(C(F)(F)F)s2)C1)S(=O)(=O)c1ccn(C)n1. The third kappa shape index (κ3) is 5.02. The van der Waals surface area contributed by atoms with Crippen LogP contribution in [0.2, 0.25) is 0 Å². The van der Waals surface area contributed by atoms with Gasteiger partial charge in [-0.1, -0.05) is 12.5 Å². The van der Waals surface area contributed by atoms with Gasteiger partial charge < -0.3 is 0 Å². The quantitative estimate of drug-likeness (QED) is 0.202. The number of sulfonamides is 1. The van der Waals surface area contributed by atoms with Gasteiger partial charge in [-0.05, 0) is 67.7 Å². The minimum absolute atomic E-state index is 0.0413. The first kappa shape index (κ1) is 29.4. The summed E-state index contributed by atoms with van der Waals surface area (Å²) < 4.78 is 85.6. The van der Waals surface area contributed by atoms with E-state index in [2.05, 4.69) is 15.2 Å². The second kappa shape index (κ2) is 10.5. The summed E-state index contributed by atoms with van der Waals surface area (Å²) in [5.74, 6) is -0.996. The second-order valence-corrected chi connectivity index (χ2v) is 13.5. The van der Waals surface area contributed by atoms with Gasteiger partial charge in [-0.25, -0.2) is 22.5 Å². The normalized spacial score (nSPS) is 20.5. The van der Waals surface area contributed by atoms with Gasteiger partial charge in [0, 0.05) is 25.8 Å². The minimum Gasteiger partial charge on any atom is -0.290 e. The van der Waals surface area contributed by atoms with Crippen LogP contribution in [0, 0.1) is 11.2 Å². The molecule has 2 atom stereocenters. The van der Waals surface area contributed by atoms with Crippen LogP contribution in [-0.4, -0.2) is 55.6 Å². The predicted octanol–water partition coefficient (Wildman–Crippen LogP) is 5.29. The Hall–Kier alpha value is -3.69. The highest BCUT2D eigenvalue weighted by atomic mass is 32.2. The van der Waals surface area contributed by atoms with E-state index in [1.807, 2.05) is 6.08 Å². The van der Waals surface area contributed by atoms with Gasteiger partial charge >= 0.3 is 6.18 Å². The number of benzene rings is 1. The summed E-state index contributed by atoms with van der Waals surface area (Å²) >= 11 is 0.284. The van der Waals surface area contributed by atoms with Crippen LogP contribution < -0.4 is 0 Å². The van der Waals surface area contributed by atoms with E-state index in [9.17, 15) is 30.8 Å². The van der Waals surface area contributed by atoms with E-state index >= 15 is 0 Å². The van der Waals surface area contributed by atoms with E-state index in [0.29, 0.717) is 41.6 Å². The second-order valence-electron chi connectivity index (χ2n) is 10.7. The Kier molecular flexibility index (Phi) is 7.17. The number of alkyl halides is 3. The Balaban J connectivity index is 1.44. The van der Waals surface area contributed by atoms with Gasteiger partial charge in [-0.3, -0.25) is 9.48 Å². The molecular weight excluding hydrogens is 608 g/mol. The van der Waals surface area contributed by atoms with Crippen LogP contribution in [0.25, 0.3) is 11.8 Å². The fraction of sp³-hybridized carbons (Fsp3) is 0.357. The molecule has 3 aromatic heterocycles. The van der Waals surface area contributed by atoms with Crippen molar-refractivity contribution in [2.75, 3.05) is 6.54 Å². The zero-order valence-corrected chi connectivity index (χ0v) is 24.7. The van der Waals surface area contributed by atoms with Gasteiger partial charge in [-0.15, -0.1) is 11.3 Å². The number of aromatic nitrogens is 5. The number of carbonyl (C=O) groups is 1. The zero-order valence-electron chi connectivity index (χ0n) is 23.0. The fourth-order valence-electron chi connectivity index (χ4n) is 6.11. The molecule has 0 spiro atoms. The summed E-state index contributed by atoms with van der Waals surface area (Å²) in [5.41, 5.74) is 1.25. The van der Waals surface area contributed by atoms with Crippen LogP contribution >= 0.6 is 11.3 Å². The average molecular weight is 635 g/mol. The number of fused-ring (bicyclic) bond motifs is 2. The highest BCUT2D eigenvalue weighted by molar-refractivity contribution is 7.89. The molecule has 2 aliphatic rings. The van der Waals surface area contributed by atoms with Gasteiger partial charge in [0.15, 0.2) is 10.0 Å². The maximum atomic E-state index is 14.3. The third-order valence-electron chi connectivity index (χ3n) is 8.10. The molecule has 0 aliphatic heterocycles. The van der Waals surface area contributed by atoms with Crippen molar-refractivity contribution in [3.05, 3.63) is 81.5 Å². The molecule has 43 heavy (non-hydrogen) atoms. The van der Waals surface area contributed by atoms with Crippen molar-refractivity contribution in [3.63, 3.8) is 0 Å². The van der Waals surface area contributed by atoms with Crippen LogP contribution in [-0.2, 0) is 29.7 Å². The first-order valence-electron chi connectivity index (χ1n) is 13.5. The Morgan fingerprint density at radius 1 is 1.19 bits per heavy atom. The van der Waals surface area contributed by atoms with Crippen molar-refractivity contribution >= 4 is 33.2 Å². The van der Waals surface area contributed by atoms with E-state index in [0.717, 1.165) is 0 Å². The Morgan fingerprint density at radius 3 is 2.56 bits per heavy atom. The molecule has 1 fully saturated rings. The molecule has 6 rings (SSSR count). The largest absolute Gasteiger partial charge is 0.427 e. The summed E-state index contributed by atoms with van der Waals surface area (Å²) in [4.78, 5) is 17.2. The molecule has 0 bridgehead atoms. The van der Waals surface area contributed by atoms with Gasteiger partial charge in [0.2, 0.25) is 5.78 Å². The highest BCUT2D eigenvalue weighted by Crippen LogP contribution is 2.52. The van der Waals surface area contributed by atoms with Gasteiger partial charge in [0.05, 0.1) is 29.2 Å². The molecule has 226 valence electrons. The number of allylic oxidation sites excluding steroid dienone is 1. The van der Waals surface area contributed by atoms with E-state index in [1.165, 1.54) is 33.4 Å². The van der Waals surface area contributed by atoms with E-state index < -0.39 is 44.1 Å². The number of nitrogens with zero attached hydrogens (tertiary/aromatic N) is 6. The topological polar surface area (TPSA) is 103 Å². The number of rotatable bonds is 7. The molecule has 3 heterocycles. The Bertz CT molecular complexity index is 1840. The molecule has 1 saturated carbocycles. The first-order chi connectivity index (χ1) is 20.3. The number of aryl methyl sites for hydroxylation is 1. The number of halogens is 4. The maximum Gasteiger partial charge on any atom is 0.427 e. The minimum atomic E-state index is -4.66. The number of Topliss-reactive ketones (excluding diaryl/α,β-unsaturated/α-hetero) is 1. The molecular formula is C28H26F4N6O3S2. The number of ketones is 1. The Labute approximate surface area is 248 Å². The summed E-state index contributed by atoms with van der Waals surface area (Å²) in [5, 5.41) is 8.13. The van der Waals surface area contributed by atoms with Crippen molar-refractivity contribution in [1.29, 1.82) is 0 Å². The van der Waals surface area contributed by atoms with E-state index in [-0.39, 0.29) is 40.8 Å². The predicted molar refractivity (Wildman–Crippen MR) is 149 cm³/mol. The molecule has 15 heteroatoms. The van der Waals surface area contributed by atoms with Gasteiger partial charge in [0.25, 0.3) is 10.0 Å². The number of carbonyl (C=O) groups excluding carboxylic acids is 1. The van der Waals surface area contributed by atoms with Crippen LogP contribution in [0.1, 0.15) is 52.1 Å². The number of thiazole rings is 1. The van der Waals surface area contributed by atoms with Crippen molar-refractivity contribution in [2.24, 2.45) is 12.5 Å². The molecule has 0 radical (unpaired) electrons. The lowest BCUT2D eigenvalue weighted by Gasteiger charge is -2.46. The monoisotopic (exact) mass is 634 g/mol. The summed E-state index contributed by atoms with van der Waals surface area (Å²) in [7, 11) is -2.43. The summed E-state index contributed by atoms with van der Waals surface area (Å²) in [6.07, 6.45) is 1.74. The molecule has 0 saturated heterocycles. The maximum absolute atomic E-state index is 14.3. The lowest BCUT2D eigenvalue weighted by molar-refractivity contribution is -0.134. The number of hydrogen-bond donors (Lipinski definition) is 0. The lowest BCUT2D eigenvalue weighted by atomic mass is 9.61. The number of hydrogen-bond acceptors (Lipinski definition) is 7. The lowest BCUT2D eigenvalue weighted by Crippen LogP contribution is -2.50. The molecule has 0 N–H and O–H groups in total. The summed E-state index contributed by atoms with van der Waals surface area (Å²) in [6, 6.07) is 6.52. The van der Waals surface area contributed by atoms with Gasteiger partial charge in [0.1, 0.15) is 10.7 Å². The van der Waals surface area contributed by atoms with Crippen molar-refractivity contribution in [1.82, 2.24) is 28.9 Å². The molecule has 0 amide bonds. The van der Waals surface area contributed by atoms with Gasteiger partial charge in [-0.2, -0.15) is 27.7 Å². The Morgan fingerprint density at radius 2 is 1.93 bits per heavy atom. The van der Waals surface area contributed by atoms with Crippen LogP contribution in [0.3, 0.4) is 0 Å². The highest BCUT2D eigenvalue weighted by Gasteiger charge is 2.52. The van der Waals surface area contributed by atoms with E-state index in [1.54, 1.807) is 37.0 Å². The van der Waals surface area contributed by atoms with Crippen molar-refractivity contribution < 1.29 is 30.8 Å². The summed E-state index contributed by atoms with van der Waals surface area (Å²) in [6.45, 7) is 1.80. The average Bonchev–Trinajstić information content (AvgIpc) is 3.72. The molecule has 2 aliphatic carbocycles. The molecule has 0 unspecified atom stereocenters. The fourth-order valence-corrected chi connectivity index (χ4v) is 8.55. The van der Waals surface area contributed by atoms with Crippen LogP contribution in [0.15, 0.2) is 59.5 Å². The van der Waals surface area contributed by atoms with E-state index in [4.69, 9.17) is 0 Å². The molecule has 9 nitrogen and oxygen atoms in total. The molecule has 1 aromatic carbocycles. The van der Waals surface area contributed by atoms with Crippen LogP contribution in [0.4, 0.5) is 17.6 Å². The first-order valence-corrected chi connectivity index (χ1v) is 15.7. The van der Waals surface area contributed by atoms with Crippen LogP contribution in [0.5, 0.6) is 0 Å². The van der Waals surface area contributed by atoms with Crippen molar-refractivity contribution in [2.45, 2.75) is 49.9 Å². The zero-order chi connectivity index (χ0) is 30.7. The smallest absolute Gasteiger partial charge is 0.290 e. The molecule has 4 aromatic rings.